The van der Waals surface area contributed by atoms with Gasteiger partial charge in [-0.05, 0) is 17.7 Å². The monoisotopic (exact) mass is 205 g/mol. The number of rotatable bonds is 4. The van der Waals surface area contributed by atoms with Gasteiger partial charge in [0.05, 0.1) is 17.6 Å². The molecule has 5 heteroatoms. The zero-order chi connectivity index (χ0) is 10.7. The topological polar surface area (TPSA) is 77.8 Å². The van der Waals surface area contributed by atoms with Crippen molar-refractivity contribution in [2.45, 2.75) is 6.54 Å². The quantitative estimate of drug-likeness (QED) is 0.491. The third-order valence-electron chi connectivity index (χ3n) is 2.14. The van der Waals surface area contributed by atoms with Gasteiger partial charge in [-0.2, -0.15) is 0 Å². The Kier molecular flexibility index (Phi) is 2.64. The van der Waals surface area contributed by atoms with Crippen molar-refractivity contribution < 1.29 is 4.79 Å². The van der Waals surface area contributed by atoms with Crippen LogP contribution < -0.4 is 11.0 Å². The number of benzene rings is 1. The van der Waals surface area contributed by atoms with Gasteiger partial charge in [-0.1, -0.05) is 6.07 Å². The zero-order valence-corrected chi connectivity index (χ0v) is 8.04. The van der Waals surface area contributed by atoms with E-state index in [1.54, 1.807) is 0 Å². The van der Waals surface area contributed by atoms with Gasteiger partial charge in [0.25, 0.3) is 0 Å². The summed E-state index contributed by atoms with van der Waals surface area (Å²) in [6.07, 6.45) is 0.816. The Morgan fingerprint density at radius 2 is 2.07 bits per heavy atom. The van der Waals surface area contributed by atoms with Crippen LogP contribution in [-0.4, -0.2) is 22.8 Å². The van der Waals surface area contributed by atoms with Crippen LogP contribution in [0.1, 0.15) is 5.56 Å². The van der Waals surface area contributed by atoms with E-state index in [0.717, 1.165) is 22.9 Å². The van der Waals surface area contributed by atoms with Crippen LogP contribution in [0.4, 0.5) is 0 Å². The van der Waals surface area contributed by atoms with Crippen LogP contribution in [-0.2, 0) is 11.3 Å². The van der Waals surface area contributed by atoms with Crippen molar-refractivity contribution in [2.75, 3.05) is 6.54 Å². The minimum absolute atomic E-state index is 0.206. The third kappa shape index (κ3) is 2.13. The average Bonchev–Trinajstić information content (AvgIpc) is 2.57. The number of aromatic amines is 2. The number of fused-ring (bicyclic) bond motifs is 1. The molecule has 0 atom stereocenters. The van der Waals surface area contributed by atoms with Gasteiger partial charge in [-0.25, -0.2) is 4.79 Å². The standard InChI is InChI=1S/C10H11N3O2/c14-4-3-11-6-7-1-2-8-9(5-7)13-10(15)12-8/h1-2,4-5,11H,3,6H2,(H2,12,13,15). The highest BCUT2D eigenvalue weighted by molar-refractivity contribution is 5.74. The van der Waals surface area contributed by atoms with Crippen molar-refractivity contribution in [3.05, 3.63) is 34.2 Å². The largest absolute Gasteiger partial charge is 0.323 e. The molecule has 0 spiro atoms. The summed E-state index contributed by atoms with van der Waals surface area (Å²) >= 11 is 0. The lowest BCUT2D eigenvalue weighted by atomic mass is 10.2. The van der Waals surface area contributed by atoms with E-state index in [1.165, 1.54) is 0 Å². The molecule has 5 nitrogen and oxygen atoms in total. The summed E-state index contributed by atoms with van der Waals surface area (Å²) in [6.45, 7) is 0.948. The maximum Gasteiger partial charge on any atom is 0.323 e. The van der Waals surface area contributed by atoms with Crippen molar-refractivity contribution >= 4 is 17.3 Å². The van der Waals surface area contributed by atoms with Crippen LogP contribution >= 0.6 is 0 Å². The molecule has 0 aliphatic carbocycles. The fourth-order valence-corrected chi connectivity index (χ4v) is 1.47. The molecule has 3 N–H and O–H groups in total. The zero-order valence-electron chi connectivity index (χ0n) is 8.04. The predicted molar refractivity (Wildman–Crippen MR) is 56.7 cm³/mol. The van der Waals surface area contributed by atoms with Crippen LogP contribution in [0.2, 0.25) is 0 Å². The van der Waals surface area contributed by atoms with E-state index < -0.39 is 0 Å². The maximum atomic E-state index is 11.0. The first-order valence-corrected chi connectivity index (χ1v) is 4.65. The van der Waals surface area contributed by atoms with Crippen molar-refractivity contribution in [3.63, 3.8) is 0 Å². The average molecular weight is 205 g/mol. The first-order valence-electron chi connectivity index (χ1n) is 4.65. The minimum atomic E-state index is -0.206. The molecule has 0 radical (unpaired) electrons. The molecule has 0 amide bonds. The van der Waals surface area contributed by atoms with Gasteiger partial charge in [-0.3, -0.25) is 0 Å². The maximum absolute atomic E-state index is 11.0. The molecule has 78 valence electrons. The van der Waals surface area contributed by atoms with Crippen molar-refractivity contribution in [2.24, 2.45) is 0 Å². The Hall–Kier alpha value is -1.88. The highest BCUT2D eigenvalue weighted by Crippen LogP contribution is 2.09. The molecule has 1 heterocycles. The summed E-state index contributed by atoms with van der Waals surface area (Å²) < 4.78 is 0. The lowest BCUT2D eigenvalue weighted by Gasteiger charge is -2.00. The molecule has 0 saturated carbocycles. The van der Waals surface area contributed by atoms with Crippen molar-refractivity contribution in [1.82, 2.24) is 15.3 Å². The van der Waals surface area contributed by atoms with Gasteiger partial charge in [0.2, 0.25) is 0 Å². The fraction of sp³-hybridized carbons (Fsp3) is 0.200. The number of imidazole rings is 1. The summed E-state index contributed by atoms with van der Waals surface area (Å²) in [5.41, 5.74) is 2.40. The van der Waals surface area contributed by atoms with Crippen LogP contribution in [0, 0.1) is 0 Å². The Morgan fingerprint density at radius 3 is 2.87 bits per heavy atom. The molecule has 15 heavy (non-hydrogen) atoms. The number of carbonyl (C=O) groups is 1. The molecule has 1 aromatic heterocycles. The molecule has 2 rings (SSSR count). The van der Waals surface area contributed by atoms with E-state index in [0.29, 0.717) is 13.1 Å². The number of H-pyrrole nitrogens is 2. The molecule has 0 unspecified atom stereocenters. The molecule has 2 aromatic rings. The van der Waals surface area contributed by atoms with Crippen molar-refractivity contribution in [3.8, 4) is 0 Å². The van der Waals surface area contributed by atoms with E-state index in [4.69, 9.17) is 0 Å². The normalized spacial score (nSPS) is 10.7. The summed E-state index contributed by atoms with van der Waals surface area (Å²) in [4.78, 5) is 26.4. The number of aromatic nitrogens is 2. The molecule has 1 aromatic carbocycles. The second-order valence-electron chi connectivity index (χ2n) is 3.26. The highest BCUT2D eigenvalue weighted by atomic mass is 16.1. The number of hydrogen-bond donors (Lipinski definition) is 3. The van der Waals surface area contributed by atoms with Gasteiger partial charge in [-0.15, -0.1) is 0 Å². The van der Waals surface area contributed by atoms with Crippen LogP contribution in [0.5, 0.6) is 0 Å². The van der Waals surface area contributed by atoms with E-state index in [2.05, 4.69) is 15.3 Å². The second kappa shape index (κ2) is 4.10. The van der Waals surface area contributed by atoms with Crippen molar-refractivity contribution in [1.29, 1.82) is 0 Å². The molecule has 0 aliphatic heterocycles. The Labute approximate surface area is 85.5 Å². The van der Waals surface area contributed by atoms with Gasteiger partial charge < -0.3 is 20.1 Å². The first kappa shape index (κ1) is 9.67. The number of carbonyl (C=O) groups excluding carboxylic acids is 1. The van der Waals surface area contributed by atoms with E-state index >= 15 is 0 Å². The highest BCUT2D eigenvalue weighted by Gasteiger charge is 1.99. The summed E-state index contributed by atoms with van der Waals surface area (Å²) in [6, 6.07) is 5.63. The molecule has 0 aliphatic rings. The second-order valence-corrected chi connectivity index (χ2v) is 3.26. The minimum Gasteiger partial charge on any atom is -0.306 e. The summed E-state index contributed by atoms with van der Waals surface area (Å²) in [5, 5.41) is 2.95. The number of aldehydes is 1. The summed E-state index contributed by atoms with van der Waals surface area (Å²) in [5.74, 6) is 0. The van der Waals surface area contributed by atoms with E-state index in [9.17, 15) is 9.59 Å². The summed E-state index contributed by atoms with van der Waals surface area (Å²) in [7, 11) is 0. The Balaban J connectivity index is 2.22. The lowest BCUT2D eigenvalue weighted by molar-refractivity contribution is -0.107. The Morgan fingerprint density at radius 1 is 1.27 bits per heavy atom. The smallest absolute Gasteiger partial charge is 0.306 e. The number of nitrogens with one attached hydrogen (secondary N) is 3. The van der Waals surface area contributed by atoms with Crippen LogP contribution in [0.25, 0.3) is 11.0 Å². The van der Waals surface area contributed by atoms with Crippen LogP contribution in [0.3, 0.4) is 0 Å². The van der Waals surface area contributed by atoms with E-state index in [-0.39, 0.29) is 5.69 Å². The molecular weight excluding hydrogens is 194 g/mol. The van der Waals surface area contributed by atoms with Gasteiger partial charge >= 0.3 is 5.69 Å². The third-order valence-corrected chi connectivity index (χ3v) is 2.14. The fourth-order valence-electron chi connectivity index (χ4n) is 1.47. The molecule has 0 saturated heterocycles. The lowest BCUT2D eigenvalue weighted by Crippen LogP contribution is -2.15. The Bertz CT molecular complexity index is 527. The van der Waals surface area contributed by atoms with Gasteiger partial charge in [0.1, 0.15) is 6.29 Å². The van der Waals surface area contributed by atoms with Gasteiger partial charge in [0, 0.05) is 6.54 Å². The molecule has 0 bridgehead atoms. The number of hydrogen-bond acceptors (Lipinski definition) is 3. The first-order chi connectivity index (χ1) is 7.29. The van der Waals surface area contributed by atoms with Crippen LogP contribution in [0.15, 0.2) is 23.0 Å². The predicted octanol–water partition coefficient (Wildman–Crippen LogP) is 0.145. The molecular formula is C10H11N3O2. The molecule has 0 fully saturated rings. The van der Waals surface area contributed by atoms with Gasteiger partial charge in [0.15, 0.2) is 0 Å². The SMILES string of the molecule is O=CCNCc1ccc2[nH]c(=O)[nH]c2c1. The van der Waals surface area contributed by atoms with E-state index in [1.807, 2.05) is 18.2 Å².